The van der Waals surface area contributed by atoms with Gasteiger partial charge in [0.2, 0.25) is 0 Å². The average molecular weight is 348 g/mol. The molecule has 1 heterocycles. The van der Waals surface area contributed by atoms with Gasteiger partial charge in [-0.3, -0.25) is 0 Å². The van der Waals surface area contributed by atoms with Crippen molar-refractivity contribution < 1.29 is 41.4 Å². The minimum Gasteiger partial charge on any atom is -0.496 e. The van der Waals surface area contributed by atoms with Gasteiger partial charge in [0.1, 0.15) is 17.1 Å². The van der Waals surface area contributed by atoms with E-state index < -0.39 is 52.2 Å². The van der Waals surface area contributed by atoms with E-state index in [2.05, 4.69) is 0 Å². The fourth-order valence-electron chi connectivity index (χ4n) is 1.99. The number of benzene rings is 1. The summed E-state index contributed by atoms with van der Waals surface area (Å²) in [5, 5.41) is 0. The molecule has 1 aliphatic heterocycles. The molecule has 0 radical (unpaired) electrons. The predicted octanol–water partition coefficient (Wildman–Crippen LogP) is 3.07. The highest BCUT2D eigenvalue weighted by Gasteiger charge is 2.39. The molecular weight excluding hydrogens is 336 g/mol. The highest BCUT2D eigenvalue weighted by molar-refractivity contribution is 6.19. The van der Waals surface area contributed by atoms with Crippen LogP contribution in [-0.2, 0) is 25.2 Å². The maximum atomic E-state index is 14.1. The molecule has 130 valence electrons. The number of rotatable bonds is 2. The van der Waals surface area contributed by atoms with E-state index in [1.54, 1.807) is 0 Å². The number of methoxy groups -OCH3 is 1. The number of halogens is 4. The minimum absolute atomic E-state index is 0.234. The van der Waals surface area contributed by atoms with Crippen LogP contribution < -0.4 is 4.74 Å². The molecule has 0 bridgehead atoms. The summed E-state index contributed by atoms with van der Waals surface area (Å²) < 4.78 is 66.5. The van der Waals surface area contributed by atoms with Crippen LogP contribution in [0.4, 0.5) is 17.6 Å². The number of cyclic esters (lactones) is 2. The van der Waals surface area contributed by atoms with Gasteiger partial charge in [-0.2, -0.15) is 13.2 Å². The van der Waals surface area contributed by atoms with E-state index in [1.165, 1.54) is 13.8 Å². The first kappa shape index (κ1) is 17.8. The summed E-state index contributed by atoms with van der Waals surface area (Å²) in [5.74, 6) is -5.48. The smallest absolute Gasteiger partial charge is 0.416 e. The molecule has 0 atom stereocenters. The normalized spacial score (nSPS) is 17.2. The Balaban J connectivity index is 2.53. The van der Waals surface area contributed by atoms with Crippen LogP contribution in [0.3, 0.4) is 0 Å². The summed E-state index contributed by atoms with van der Waals surface area (Å²) in [6.45, 7) is 2.64. The average Bonchev–Trinajstić information content (AvgIpc) is 2.41. The van der Waals surface area contributed by atoms with E-state index in [1.807, 2.05) is 0 Å². The van der Waals surface area contributed by atoms with Crippen LogP contribution in [0.2, 0.25) is 0 Å². The molecule has 1 aliphatic rings. The number of hydrogen-bond acceptors (Lipinski definition) is 5. The fraction of sp³-hybridized carbons (Fsp3) is 0.333. The molecule has 2 rings (SSSR count). The Morgan fingerprint density at radius 1 is 1.12 bits per heavy atom. The lowest BCUT2D eigenvalue weighted by molar-refractivity contribution is -0.222. The van der Waals surface area contributed by atoms with Crippen molar-refractivity contribution in [3.05, 3.63) is 34.6 Å². The number of carbonyl (C=O) groups excluding carboxylic acids is 2. The van der Waals surface area contributed by atoms with Gasteiger partial charge in [0.15, 0.2) is 0 Å². The van der Waals surface area contributed by atoms with Gasteiger partial charge in [-0.05, 0) is 18.2 Å². The molecule has 0 aromatic heterocycles. The molecule has 1 saturated heterocycles. The number of alkyl halides is 3. The second kappa shape index (κ2) is 5.81. The van der Waals surface area contributed by atoms with Crippen LogP contribution in [0.15, 0.2) is 17.7 Å². The lowest BCUT2D eigenvalue weighted by Crippen LogP contribution is -2.41. The molecule has 0 N–H and O–H groups in total. The summed E-state index contributed by atoms with van der Waals surface area (Å²) >= 11 is 0. The van der Waals surface area contributed by atoms with Gasteiger partial charge in [-0.1, -0.05) is 0 Å². The van der Waals surface area contributed by atoms with Crippen LogP contribution in [0.5, 0.6) is 5.75 Å². The maximum Gasteiger partial charge on any atom is 0.416 e. The van der Waals surface area contributed by atoms with E-state index >= 15 is 0 Å². The van der Waals surface area contributed by atoms with E-state index in [4.69, 9.17) is 14.2 Å². The van der Waals surface area contributed by atoms with Crippen molar-refractivity contribution in [3.63, 3.8) is 0 Å². The van der Waals surface area contributed by atoms with Crippen LogP contribution in [0.1, 0.15) is 25.0 Å². The zero-order valence-electron chi connectivity index (χ0n) is 12.8. The van der Waals surface area contributed by atoms with Gasteiger partial charge in [0.25, 0.3) is 5.79 Å². The Kier molecular flexibility index (Phi) is 4.30. The molecule has 5 nitrogen and oxygen atoms in total. The molecule has 1 aromatic carbocycles. The highest BCUT2D eigenvalue weighted by atomic mass is 19.4. The molecule has 0 amide bonds. The number of hydrogen-bond donors (Lipinski definition) is 0. The zero-order valence-corrected chi connectivity index (χ0v) is 12.8. The van der Waals surface area contributed by atoms with E-state index in [-0.39, 0.29) is 6.07 Å². The Morgan fingerprint density at radius 2 is 1.67 bits per heavy atom. The second-order valence-corrected chi connectivity index (χ2v) is 5.31. The summed E-state index contributed by atoms with van der Waals surface area (Å²) in [5.41, 5.74) is -2.44. The molecule has 0 saturated carbocycles. The quantitative estimate of drug-likeness (QED) is 0.356. The van der Waals surface area contributed by atoms with Crippen molar-refractivity contribution in [3.8, 4) is 5.75 Å². The Labute approximate surface area is 133 Å². The number of esters is 2. The van der Waals surface area contributed by atoms with Crippen LogP contribution in [0.25, 0.3) is 6.08 Å². The van der Waals surface area contributed by atoms with Crippen molar-refractivity contribution >= 4 is 18.0 Å². The summed E-state index contributed by atoms with van der Waals surface area (Å²) in [6, 6.07) is 0.789. The van der Waals surface area contributed by atoms with E-state index in [0.29, 0.717) is 6.07 Å². The molecule has 24 heavy (non-hydrogen) atoms. The first-order chi connectivity index (χ1) is 10.9. The minimum atomic E-state index is -4.79. The first-order valence-corrected chi connectivity index (χ1v) is 6.58. The molecule has 0 aliphatic carbocycles. The van der Waals surface area contributed by atoms with Crippen LogP contribution in [-0.4, -0.2) is 24.8 Å². The Morgan fingerprint density at radius 3 is 2.12 bits per heavy atom. The monoisotopic (exact) mass is 348 g/mol. The van der Waals surface area contributed by atoms with Crippen LogP contribution in [0, 0.1) is 5.82 Å². The summed E-state index contributed by atoms with van der Waals surface area (Å²) in [4.78, 5) is 23.7. The van der Waals surface area contributed by atoms with Crippen molar-refractivity contribution in [1.82, 2.24) is 0 Å². The third-order valence-corrected chi connectivity index (χ3v) is 3.04. The predicted molar refractivity (Wildman–Crippen MR) is 72.2 cm³/mol. The van der Waals surface area contributed by atoms with Crippen molar-refractivity contribution in [2.45, 2.75) is 25.8 Å². The SMILES string of the molecule is COc1cc(C(F)(F)F)cc(F)c1C=C1C(=O)OC(C)(C)OC1=O. The van der Waals surface area contributed by atoms with Gasteiger partial charge < -0.3 is 14.2 Å². The Hall–Kier alpha value is -2.58. The number of carbonyl (C=O) groups is 2. The Bertz CT molecular complexity index is 712. The molecule has 0 spiro atoms. The highest BCUT2D eigenvalue weighted by Crippen LogP contribution is 2.36. The van der Waals surface area contributed by atoms with Gasteiger partial charge in [0, 0.05) is 13.8 Å². The topological polar surface area (TPSA) is 61.8 Å². The first-order valence-electron chi connectivity index (χ1n) is 6.58. The molecule has 1 aromatic rings. The van der Waals surface area contributed by atoms with Gasteiger partial charge in [0.05, 0.1) is 18.2 Å². The van der Waals surface area contributed by atoms with Crippen molar-refractivity contribution in [2.24, 2.45) is 0 Å². The van der Waals surface area contributed by atoms with Gasteiger partial charge in [-0.25, -0.2) is 14.0 Å². The third kappa shape index (κ3) is 3.50. The molecular formula is C15H12F4O5. The molecule has 0 unspecified atom stereocenters. The van der Waals surface area contributed by atoms with Crippen LogP contribution >= 0.6 is 0 Å². The second-order valence-electron chi connectivity index (χ2n) is 5.31. The van der Waals surface area contributed by atoms with Gasteiger partial charge in [-0.15, -0.1) is 0 Å². The largest absolute Gasteiger partial charge is 0.496 e. The zero-order chi connectivity index (χ0) is 18.3. The van der Waals surface area contributed by atoms with E-state index in [9.17, 15) is 27.2 Å². The number of ether oxygens (including phenoxy) is 3. The summed E-state index contributed by atoms with van der Waals surface area (Å²) in [6.07, 6.45) is -4.05. The summed E-state index contributed by atoms with van der Waals surface area (Å²) in [7, 11) is 1.03. The van der Waals surface area contributed by atoms with E-state index in [0.717, 1.165) is 13.2 Å². The lowest BCUT2D eigenvalue weighted by Gasteiger charge is -2.29. The van der Waals surface area contributed by atoms with Crippen molar-refractivity contribution in [1.29, 1.82) is 0 Å². The lowest BCUT2D eigenvalue weighted by atomic mass is 10.0. The molecule has 9 heteroatoms. The third-order valence-electron chi connectivity index (χ3n) is 3.04. The molecule has 1 fully saturated rings. The maximum absolute atomic E-state index is 14.1. The standard InChI is InChI=1S/C15H12F4O5/c1-14(2)23-12(20)9(13(21)24-14)6-8-10(16)4-7(15(17,18)19)5-11(8)22-3/h4-6H,1-3H3. The fourth-order valence-corrected chi connectivity index (χ4v) is 1.99. The van der Waals surface area contributed by atoms with Crippen molar-refractivity contribution in [2.75, 3.05) is 7.11 Å². The van der Waals surface area contributed by atoms with Gasteiger partial charge >= 0.3 is 18.1 Å².